The maximum absolute atomic E-state index is 12.4. The van der Waals surface area contributed by atoms with Gasteiger partial charge in [0, 0.05) is 0 Å². The molecule has 0 aliphatic carbocycles. The van der Waals surface area contributed by atoms with Crippen LogP contribution in [0.5, 0.6) is 17.2 Å². The molecule has 0 aliphatic heterocycles. The van der Waals surface area contributed by atoms with E-state index in [0.717, 1.165) is 29.5 Å². The second-order valence-corrected chi connectivity index (χ2v) is 17.1. The third kappa shape index (κ3) is 11.3. The summed E-state index contributed by atoms with van der Waals surface area (Å²) in [6.07, 6.45) is 2.06. The Morgan fingerprint density at radius 1 is 0.574 bits per heavy atom. The lowest BCUT2D eigenvalue weighted by molar-refractivity contribution is -0.272. The summed E-state index contributed by atoms with van der Waals surface area (Å²) in [5.41, 5.74) is 5.60. The Balaban J connectivity index is 0.000000354. The van der Waals surface area contributed by atoms with Crippen molar-refractivity contribution in [1.29, 1.82) is 0 Å². The van der Waals surface area contributed by atoms with Gasteiger partial charge in [0.15, 0.2) is 0 Å². The Labute approximate surface area is 286 Å². The minimum absolute atomic E-state index is 0.0308. The van der Waals surface area contributed by atoms with Crippen LogP contribution in [-0.4, -0.2) is 11.1 Å². The summed E-state index contributed by atoms with van der Waals surface area (Å²) in [5, 5.41) is 44.6. The molecule has 5 nitrogen and oxygen atoms in total. The van der Waals surface area contributed by atoms with Crippen molar-refractivity contribution in [3.63, 3.8) is 0 Å². The van der Waals surface area contributed by atoms with E-state index in [1.54, 1.807) is 6.07 Å². The van der Waals surface area contributed by atoms with Gasteiger partial charge in [-0.15, -0.1) is 17.2 Å². The van der Waals surface area contributed by atoms with Crippen LogP contribution >= 0.6 is 0 Å². The number of aryl methyl sites for hydroxylation is 1. The van der Waals surface area contributed by atoms with Gasteiger partial charge in [-0.25, -0.2) is 4.79 Å². The molecule has 3 aromatic carbocycles. The SMILES string of the molecule is CC(C)(C)c1cc(C(=O)O)ccc1[O-].CCC(C)(C)c1ccc([O-])c(C(C)(C)CC)c1.Cc1cc(C(C)(C)C)c([O-])c(C(C)(C)C)c1. The van der Waals surface area contributed by atoms with E-state index in [2.05, 4.69) is 96.1 Å². The fourth-order valence-electron chi connectivity index (χ4n) is 5.01. The van der Waals surface area contributed by atoms with E-state index in [9.17, 15) is 20.1 Å². The van der Waals surface area contributed by atoms with Gasteiger partial charge >= 0.3 is 5.97 Å². The first-order chi connectivity index (χ1) is 21.1. The molecule has 5 heteroatoms. The zero-order valence-corrected chi connectivity index (χ0v) is 32.1. The van der Waals surface area contributed by atoms with E-state index in [4.69, 9.17) is 5.11 Å². The molecule has 0 saturated heterocycles. The summed E-state index contributed by atoms with van der Waals surface area (Å²) < 4.78 is 0. The monoisotopic (exact) mass is 645 g/mol. The molecule has 0 amide bonds. The Morgan fingerprint density at radius 3 is 1.36 bits per heavy atom. The van der Waals surface area contributed by atoms with Gasteiger partial charge in [-0.2, -0.15) is 0 Å². The van der Waals surface area contributed by atoms with Crippen LogP contribution in [0, 0.1) is 6.92 Å². The fourth-order valence-corrected chi connectivity index (χ4v) is 5.01. The van der Waals surface area contributed by atoms with Crippen LogP contribution in [0.1, 0.15) is 160 Å². The predicted molar refractivity (Wildman–Crippen MR) is 192 cm³/mol. The van der Waals surface area contributed by atoms with Gasteiger partial charge in [-0.3, -0.25) is 0 Å². The summed E-state index contributed by atoms with van der Waals surface area (Å²) in [6.45, 7) is 33.3. The second-order valence-electron chi connectivity index (χ2n) is 17.1. The van der Waals surface area contributed by atoms with Crippen molar-refractivity contribution in [1.82, 2.24) is 0 Å². The lowest BCUT2D eigenvalue weighted by Gasteiger charge is -2.33. The molecule has 0 atom stereocenters. The van der Waals surface area contributed by atoms with Crippen molar-refractivity contribution in [2.24, 2.45) is 0 Å². The van der Waals surface area contributed by atoms with Gasteiger partial charge in [0.05, 0.1) is 5.56 Å². The van der Waals surface area contributed by atoms with Crippen LogP contribution in [0.2, 0.25) is 0 Å². The number of benzene rings is 3. The van der Waals surface area contributed by atoms with Crippen molar-refractivity contribution < 1.29 is 25.2 Å². The highest BCUT2D eigenvalue weighted by molar-refractivity contribution is 5.88. The Hall–Kier alpha value is -3.47. The highest BCUT2D eigenvalue weighted by atomic mass is 16.4. The maximum Gasteiger partial charge on any atom is 0.335 e. The zero-order valence-electron chi connectivity index (χ0n) is 32.1. The van der Waals surface area contributed by atoms with E-state index in [1.165, 1.54) is 29.3 Å². The molecule has 0 radical (unpaired) electrons. The summed E-state index contributed by atoms with van der Waals surface area (Å²) in [5.74, 6) is -0.726. The van der Waals surface area contributed by atoms with Gasteiger partial charge < -0.3 is 20.4 Å². The quantitative estimate of drug-likeness (QED) is 0.297. The van der Waals surface area contributed by atoms with Gasteiger partial charge in [-0.1, -0.05) is 146 Å². The summed E-state index contributed by atoms with van der Waals surface area (Å²) in [4.78, 5) is 10.7. The molecule has 262 valence electrons. The average Bonchev–Trinajstić information content (AvgIpc) is 2.93. The van der Waals surface area contributed by atoms with Crippen LogP contribution in [0.25, 0.3) is 0 Å². The number of rotatable bonds is 5. The third-order valence-electron chi connectivity index (χ3n) is 9.14. The van der Waals surface area contributed by atoms with Gasteiger partial charge in [0.2, 0.25) is 0 Å². The number of carboxylic acids is 1. The normalized spacial score (nSPS) is 12.4. The van der Waals surface area contributed by atoms with Crippen molar-refractivity contribution >= 4 is 5.97 Å². The summed E-state index contributed by atoms with van der Waals surface area (Å²) >= 11 is 0. The first-order valence-corrected chi connectivity index (χ1v) is 16.8. The van der Waals surface area contributed by atoms with E-state index >= 15 is 0 Å². The number of carbonyl (C=O) groups is 1. The first kappa shape index (κ1) is 41.6. The van der Waals surface area contributed by atoms with Crippen molar-refractivity contribution in [3.8, 4) is 17.2 Å². The lowest BCUT2D eigenvalue weighted by Crippen LogP contribution is -2.21. The molecular weight excluding hydrogens is 584 g/mol. The molecule has 0 heterocycles. The molecular formula is C42H61O5-3. The molecule has 0 aliphatic rings. The number of hydrogen-bond donors (Lipinski definition) is 1. The molecule has 0 spiro atoms. The van der Waals surface area contributed by atoms with Crippen LogP contribution in [0.4, 0.5) is 0 Å². The summed E-state index contributed by atoms with van der Waals surface area (Å²) in [6, 6.07) is 14.0. The standard InChI is InChI=1S/C16H26O.C15H24O.C11H14O3/c1-7-15(3,4)12-9-10-14(17)13(11-12)16(5,6)8-2;1-10-8-11(14(2,3)4)13(16)12(9-10)15(5,6)7;1-11(2,3)8-6-7(10(13)14)4-5-9(8)12/h9-11,17H,7-8H2,1-6H3;8-9,16H,1-7H3;4-6,12H,1-3H3,(H,13,14)/p-3. The molecule has 0 fully saturated rings. The Kier molecular flexibility index (Phi) is 13.4. The Morgan fingerprint density at radius 2 is 0.979 bits per heavy atom. The molecule has 0 unspecified atom stereocenters. The molecule has 0 bridgehead atoms. The molecule has 3 rings (SSSR count). The van der Waals surface area contributed by atoms with Crippen LogP contribution in [0.3, 0.4) is 0 Å². The first-order valence-electron chi connectivity index (χ1n) is 16.8. The van der Waals surface area contributed by atoms with Crippen molar-refractivity contribution in [2.75, 3.05) is 0 Å². The smallest absolute Gasteiger partial charge is 0.335 e. The maximum atomic E-state index is 12.4. The van der Waals surface area contributed by atoms with Crippen molar-refractivity contribution in [2.45, 2.75) is 151 Å². The molecule has 3 aromatic rings. The average molecular weight is 646 g/mol. The second kappa shape index (κ2) is 15.2. The lowest BCUT2D eigenvalue weighted by atomic mass is 9.76. The minimum Gasteiger partial charge on any atom is -0.872 e. The number of carboxylic acid groups (broad SMARTS) is 1. The van der Waals surface area contributed by atoms with E-state index < -0.39 is 5.97 Å². The van der Waals surface area contributed by atoms with E-state index in [1.807, 2.05) is 39.0 Å². The third-order valence-corrected chi connectivity index (χ3v) is 9.14. The van der Waals surface area contributed by atoms with Crippen LogP contribution in [-0.2, 0) is 27.1 Å². The molecule has 47 heavy (non-hydrogen) atoms. The number of hydrogen-bond acceptors (Lipinski definition) is 4. The highest BCUT2D eigenvalue weighted by Crippen LogP contribution is 2.38. The molecule has 0 saturated carbocycles. The van der Waals surface area contributed by atoms with Gasteiger partial charge in [0.1, 0.15) is 0 Å². The number of aromatic carboxylic acids is 1. The largest absolute Gasteiger partial charge is 0.872 e. The minimum atomic E-state index is -1.00. The van der Waals surface area contributed by atoms with Crippen molar-refractivity contribution in [3.05, 3.63) is 87.5 Å². The highest BCUT2D eigenvalue weighted by Gasteiger charge is 2.24. The Bertz CT molecular complexity index is 1470. The van der Waals surface area contributed by atoms with Crippen LogP contribution < -0.4 is 15.3 Å². The zero-order chi connectivity index (χ0) is 36.9. The summed E-state index contributed by atoms with van der Waals surface area (Å²) in [7, 11) is 0. The van der Waals surface area contributed by atoms with E-state index in [-0.39, 0.29) is 49.9 Å². The topological polar surface area (TPSA) is 106 Å². The van der Waals surface area contributed by atoms with Crippen LogP contribution in [0.15, 0.2) is 48.5 Å². The van der Waals surface area contributed by atoms with Gasteiger partial charge in [-0.05, 0) is 86.8 Å². The molecule has 1 N–H and O–H groups in total. The van der Waals surface area contributed by atoms with Gasteiger partial charge in [0.25, 0.3) is 0 Å². The fraction of sp³-hybridized carbons (Fsp3) is 0.548. The molecule has 0 aromatic heterocycles. The predicted octanol–water partition coefficient (Wildman–Crippen LogP) is 9.55. The van der Waals surface area contributed by atoms with E-state index in [0.29, 0.717) is 5.56 Å².